The average Bonchev–Trinajstić information content (AvgIpc) is 3.15. The van der Waals surface area contributed by atoms with Gasteiger partial charge >= 0.3 is 0 Å². The van der Waals surface area contributed by atoms with Crippen molar-refractivity contribution < 1.29 is 39.8 Å². The summed E-state index contributed by atoms with van der Waals surface area (Å²) in [5, 5.41) is 53.5. The van der Waals surface area contributed by atoms with Crippen LogP contribution in [0.5, 0.6) is 0 Å². The SMILES string of the molecule is CCCCCCCCCCCCCCCCCCC/C=C/CC/C=C/CC/C=C/C(O)C(COC1OC(CO)C(O)C(O)C1O)NC(=O)CCCCC. The van der Waals surface area contributed by atoms with Crippen LogP contribution in [0.2, 0.25) is 0 Å². The second-order valence-corrected chi connectivity index (χ2v) is 15.1. The molecule has 0 bridgehead atoms. The van der Waals surface area contributed by atoms with E-state index in [1.54, 1.807) is 6.08 Å². The Morgan fingerprint density at radius 1 is 0.623 bits per heavy atom. The molecule has 0 aromatic carbocycles. The van der Waals surface area contributed by atoms with E-state index in [2.05, 4.69) is 43.5 Å². The lowest BCUT2D eigenvalue weighted by molar-refractivity contribution is -0.302. The largest absolute Gasteiger partial charge is 0.394 e. The van der Waals surface area contributed by atoms with Crippen LogP contribution >= 0.6 is 0 Å². The summed E-state index contributed by atoms with van der Waals surface area (Å²) < 4.78 is 11.0. The molecule has 0 radical (unpaired) electrons. The maximum absolute atomic E-state index is 12.5. The molecule has 9 nitrogen and oxygen atoms in total. The van der Waals surface area contributed by atoms with E-state index in [1.165, 1.54) is 116 Å². The van der Waals surface area contributed by atoms with Gasteiger partial charge in [0.25, 0.3) is 0 Å². The molecule has 0 spiro atoms. The summed E-state index contributed by atoms with van der Waals surface area (Å²) in [6, 6.07) is -0.820. The maximum Gasteiger partial charge on any atom is 0.220 e. The van der Waals surface area contributed by atoms with E-state index < -0.39 is 49.5 Å². The number of allylic oxidation sites excluding steroid dienone is 5. The molecule has 0 aromatic heterocycles. The second-order valence-electron chi connectivity index (χ2n) is 15.1. The third-order valence-corrected chi connectivity index (χ3v) is 10.2. The number of aliphatic hydroxyl groups is 5. The number of rotatable bonds is 35. The third kappa shape index (κ3) is 26.0. The molecule has 1 aliphatic rings. The van der Waals surface area contributed by atoms with Crippen LogP contribution in [-0.4, -0.2) is 87.5 Å². The van der Waals surface area contributed by atoms with Gasteiger partial charge in [-0.1, -0.05) is 166 Å². The summed E-state index contributed by atoms with van der Waals surface area (Å²) >= 11 is 0. The van der Waals surface area contributed by atoms with Crippen molar-refractivity contribution >= 4 is 5.91 Å². The fourth-order valence-electron chi connectivity index (χ4n) is 6.66. The quantitative estimate of drug-likeness (QED) is 0.0279. The topological polar surface area (TPSA) is 149 Å². The molecule has 1 rings (SSSR count). The van der Waals surface area contributed by atoms with Crippen molar-refractivity contribution in [3.8, 4) is 0 Å². The Bertz CT molecular complexity index is 925. The number of hydrogen-bond donors (Lipinski definition) is 6. The number of unbranched alkanes of at least 4 members (excludes halogenated alkanes) is 21. The number of aliphatic hydroxyl groups excluding tert-OH is 5. The van der Waals surface area contributed by atoms with Gasteiger partial charge in [0, 0.05) is 6.42 Å². The lowest BCUT2D eigenvalue weighted by Gasteiger charge is -2.40. The normalized spacial score (nSPS) is 22.0. The van der Waals surface area contributed by atoms with Gasteiger partial charge in [0.15, 0.2) is 6.29 Å². The smallest absolute Gasteiger partial charge is 0.220 e. The first kappa shape index (κ1) is 49.4. The van der Waals surface area contributed by atoms with Gasteiger partial charge < -0.3 is 40.3 Å². The summed E-state index contributed by atoms with van der Waals surface area (Å²) in [5.74, 6) is -0.217. The Morgan fingerprint density at radius 3 is 1.58 bits per heavy atom. The molecule has 1 saturated heterocycles. The zero-order chi connectivity index (χ0) is 38.8. The highest BCUT2D eigenvalue weighted by Gasteiger charge is 2.44. The summed E-state index contributed by atoms with van der Waals surface area (Å²) in [7, 11) is 0. The molecule has 7 atom stereocenters. The summed E-state index contributed by atoms with van der Waals surface area (Å²) in [6.07, 6.45) is 35.9. The van der Waals surface area contributed by atoms with Crippen molar-refractivity contribution in [1.29, 1.82) is 0 Å². The molecule has 1 amide bonds. The van der Waals surface area contributed by atoms with Gasteiger partial charge in [-0.3, -0.25) is 4.79 Å². The molecule has 6 N–H and O–H groups in total. The minimum Gasteiger partial charge on any atom is -0.394 e. The van der Waals surface area contributed by atoms with Gasteiger partial charge in [-0.15, -0.1) is 0 Å². The lowest BCUT2D eigenvalue weighted by Crippen LogP contribution is -2.60. The van der Waals surface area contributed by atoms with E-state index in [1.807, 2.05) is 6.08 Å². The number of nitrogens with one attached hydrogen (secondary N) is 1. The highest BCUT2D eigenvalue weighted by Crippen LogP contribution is 2.22. The van der Waals surface area contributed by atoms with Gasteiger partial charge in [0.2, 0.25) is 5.91 Å². The first-order chi connectivity index (χ1) is 25.8. The van der Waals surface area contributed by atoms with Crippen LogP contribution in [0.15, 0.2) is 36.5 Å². The van der Waals surface area contributed by atoms with Crippen LogP contribution in [0.4, 0.5) is 0 Å². The minimum absolute atomic E-state index is 0.208. The standard InChI is InChI=1S/C44H81NO8/c1-3-5-7-8-9-10-11-12-13-14-15-16-17-18-19-20-21-22-23-24-25-26-27-28-29-30-32-33-38(47)37(45-40(48)34-31-6-4-2)36-52-44-43(51)42(50)41(49)39(35-46)53-44/h23-24,27-28,32-33,37-39,41-44,46-47,49-51H,3-22,25-26,29-31,34-36H2,1-2H3,(H,45,48)/b24-23+,28-27+,33-32+. The first-order valence-electron chi connectivity index (χ1n) is 21.7. The zero-order valence-corrected chi connectivity index (χ0v) is 33.8. The predicted octanol–water partition coefficient (Wildman–Crippen LogP) is 8.50. The van der Waals surface area contributed by atoms with Crippen molar-refractivity contribution in [1.82, 2.24) is 5.32 Å². The van der Waals surface area contributed by atoms with Gasteiger partial charge in [0.05, 0.1) is 25.4 Å². The molecule has 1 fully saturated rings. The Kier molecular flexibility index (Phi) is 32.5. The third-order valence-electron chi connectivity index (χ3n) is 10.2. The van der Waals surface area contributed by atoms with Crippen molar-refractivity contribution in [2.45, 2.75) is 224 Å². The van der Waals surface area contributed by atoms with E-state index in [-0.39, 0.29) is 12.5 Å². The Hall–Kier alpha value is -1.59. The molecule has 1 aliphatic heterocycles. The first-order valence-corrected chi connectivity index (χ1v) is 21.7. The average molecular weight is 752 g/mol. The monoisotopic (exact) mass is 752 g/mol. The number of carbonyl (C=O) groups is 1. The summed E-state index contributed by atoms with van der Waals surface area (Å²) in [5.41, 5.74) is 0. The molecule has 53 heavy (non-hydrogen) atoms. The van der Waals surface area contributed by atoms with Crippen molar-refractivity contribution in [3.05, 3.63) is 36.5 Å². The highest BCUT2D eigenvalue weighted by atomic mass is 16.7. The van der Waals surface area contributed by atoms with Crippen LogP contribution in [0.25, 0.3) is 0 Å². The zero-order valence-electron chi connectivity index (χ0n) is 33.8. The van der Waals surface area contributed by atoms with Crippen LogP contribution < -0.4 is 5.32 Å². The summed E-state index contributed by atoms with van der Waals surface area (Å²) in [4.78, 5) is 12.5. The molecule has 0 saturated carbocycles. The van der Waals surface area contributed by atoms with Crippen LogP contribution in [0.1, 0.15) is 181 Å². The van der Waals surface area contributed by atoms with Gasteiger partial charge in [-0.25, -0.2) is 0 Å². The van der Waals surface area contributed by atoms with Crippen molar-refractivity contribution in [2.24, 2.45) is 0 Å². The van der Waals surface area contributed by atoms with Crippen molar-refractivity contribution in [2.75, 3.05) is 13.2 Å². The van der Waals surface area contributed by atoms with Crippen LogP contribution in [0.3, 0.4) is 0 Å². The second kappa shape index (κ2) is 34.9. The minimum atomic E-state index is -1.57. The number of carbonyl (C=O) groups excluding carboxylic acids is 1. The molecular weight excluding hydrogens is 670 g/mol. The fraction of sp³-hybridized carbons (Fsp3) is 0.841. The Balaban J connectivity index is 2.16. The number of amides is 1. The molecular formula is C44H81NO8. The van der Waals surface area contributed by atoms with Gasteiger partial charge in [-0.05, 0) is 44.9 Å². The van der Waals surface area contributed by atoms with Crippen molar-refractivity contribution in [3.63, 3.8) is 0 Å². The van der Waals surface area contributed by atoms with Gasteiger partial charge in [0.1, 0.15) is 24.4 Å². The highest BCUT2D eigenvalue weighted by molar-refractivity contribution is 5.76. The van der Waals surface area contributed by atoms with Crippen LogP contribution in [-0.2, 0) is 14.3 Å². The molecule has 310 valence electrons. The van der Waals surface area contributed by atoms with E-state index in [9.17, 15) is 30.3 Å². The Labute approximate surface area is 323 Å². The van der Waals surface area contributed by atoms with Crippen LogP contribution in [0, 0.1) is 0 Å². The van der Waals surface area contributed by atoms with E-state index in [0.29, 0.717) is 6.42 Å². The molecule has 0 aliphatic carbocycles. The molecule has 1 heterocycles. The Morgan fingerprint density at radius 2 is 1.08 bits per heavy atom. The fourth-order valence-corrected chi connectivity index (χ4v) is 6.66. The molecule has 0 aromatic rings. The summed E-state index contributed by atoms with van der Waals surface area (Å²) in [6.45, 7) is 3.56. The lowest BCUT2D eigenvalue weighted by atomic mass is 9.99. The molecule has 7 unspecified atom stereocenters. The van der Waals surface area contributed by atoms with Gasteiger partial charge in [-0.2, -0.15) is 0 Å². The number of hydrogen-bond acceptors (Lipinski definition) is 8. The maximum atomic E-state index is 12.5. The van der Waals surface area contributed by atoms with E-state index >= 15 is 0 Å². The predicted molar refractivity (Wildman–Crippen MR) is 216 cm³/mol. The number of ether oxygens (including phenoxy) is 2. The van der Waals surface area contributed by atoms with E-state index in [0.717, 1.165) is 44.9 Å². The van der Waals surface area contributed by atoms with E-state index in [4.69, 9.17) is 9.47 Å². The molecule has 9 heteroatoms.